The molecule has 0 aromatic heterocycles. The van der Waals surface area contributed by atoms with Gasteiger partial charge in [0.1, 0.15) is 22.9 Å². The Balaban J connectivity index is 2.58. The quantitative estimate of drug-likeness (QED) is 0.872. The molecule has 20 heavy (non-hydrogen) atoms. The van der Waals surface area contributed by atoms with Crippen LogP contribution >= 0.6 is 0 Å². The summed E-state index contributed by atoms with van der Waals surface area (Å²) in [6, 6.07) is 8.34. The van der Waals surface area contributed by atoms with E-state index in [-0.39, 0.29) is 5.69 Å². The maximum Gasteiger partial charge on any atom is 0.150 e. The molecule has 0 aliphatic carbocycles. The van der Waals surface area contributed by atoms with Crippen LogP contribution in [0, 0.1) is 5.82 Å². The fourth-order valence-corrected chi connectivity index (χ4v) is 1.90. The Morgan fingerprint density at radius 3 is 1.85 bits per heavy atom. The number of methoxy groups -OCH3 is 3. The molecular weight excluding hydrogens is 261 g/mol. The van der Waals surface area contributed by atoms with Crippen molar-refractivity contribution in [2.75, 3.05) is 27.1 Å². The lowest BCUT2D eigenvalue weighted by Gasteiger charge is -2.11. The summed E-state index contributed by atoms with van der Waals surface area (Å²) in [5.41, 5.74) is 6.97. The van der Waals surface area contributed by atoms with Crippen LogP contribution in [0.25, 0.3) is 11.1 Å². The molecule has 2 N–H and O–H groups in total. The molecule has 4 nitrogen and oxygen atoms in total. The van der Waals surface area contributed by atoms with Gasteiger partial charge in [-0.05, 0) is 35.4 Å². The van der Waals surface area contributed by atoms with E-state index in [2.05, 4.69) is 0 Å². The normalized spacial score (nSPS) is 10.2. The Bertz CT molecular complexity index is 607. The Labute approximate surface area is 116 Å². The Morgan fingerprint density at radius 1 is 0.800 bits per heavy atom. The van der Waals surface area contributed by atoms with Gasteiger partial charge in [-0.2, -0.15) is 0 Å². The number of ether oxygens (including phenoxy) is 3. The molecule has 0 fully saturated rings. The first kappa shape index (κ1) is 14.0. The molecule has 0 atom stereocenters. The molecule has 0 radical (unpaired) electrons. The van der Waals surface area contributed by atoms with E-state index >= 15 is 0 Å². The number of benzene rings is 2. The molecule has 0 aliphatic heterocycles. The second-order valence-corrected chi connectivity index (χ2v) is 4.18. The maximum absolute atomic E-state index is 13.8. The monoisotopic (exact) mass is 277 g/mol. The highest BCUT2D eigenvalue weighted by molar-refractivity contribution is 5.72. The van der Waals surface area contributed by atoms with Gasteiger partial charge in [-0.15, -0.1) is 0 Å². The van der Waals surface area contributed by atoms with Crippen LogP contribution < -0.4 is 19.9 Å². The molecule has 2 aromatic rings. The highest BCUT2D eigenvalue weighted by Crippen LogP contribution is 2.35. The fraction of sp³-hybridized carbons (Fsp3) is 0.200. The van der Waals surface area contributed by atoms with Crippen LogP contribution in [-0.4, -0.2) is 21.3 Å². The summed E-state index contributed by atoms with van der Waals surface area (Å²) in [5, 5.41) is 0. The zero-order chi connectivity index (χ0) is 14.7. The van der Waals surface area contributed by atoms with Crippen LogP contribution in [-0.2, 0) is 0 Å². The van der Waals surface area contributed by atoms with Crippen LogP contribution in [0.4, 0.5) is 10.1 Å². The van der Waals surface area contributed by atoms with Crippen molar-refractivity contribution in [1.29, 1.82) is 0 Å². The second kappa shape index (κ2) is 5.69. The van der Waals surface area contributed by atoms with Gasteiger partial charge in [-0.3, -0.25) is 0 Å². The van der Waals surface area contributed by atoms with Crippen molar-refractivity contribution in [2.24, 2.45) is 0 Å². The van der Waals surface area contributed by atoms with Crippen molar-refractivity contribution in [3.8, 4) is 28.4 Å². The van der Waals surface area contributed by atoms with E-state index in [1.165, 1.54) is 13.2 Å². The third-order valence-corrected chi connectivity index (χ3v) is 3.00. The molecule has 0 amide bonds. The topological polar surface area (TPSA) is 53.7 Å². The first-order valence-corrected chi connectivity index (χ1v) is 5.95. The number of hydrogen-bond acceptors (Lipinski definition) is 4. The lowest BCUT2D eigenvalue weighted by atomic mass is 10.0. The first-order valence-electron chi connectivity index (χ1n) is 5.95. The summed E-state index contributed by atoms with van der Waals surface area (Å²) in [4.78, 5) is 0. The summed E-state index contributed by atoms with van der Waals surface area (Å²) >= 11 is 0. The van der Waals surface area contributed by atoms with E-state index in [9.17, 15) is 4.39 Å². The number of hydrogen-bond donors (Lipinski definition) is 1. The van der Waals surface area contributed by atoms with Crippen molar-refractivity contribution in [1.82, 2.24) is 0 Å². The number of nitrogen functional groups attached to an aromatic ring is 1. The van der Waals surface area contributed by atoms with Gasteiger partial charge in [0, 0.05) is 6.07 Å². The van der Waals surface area contributed by atoms with E-state index in [0.717, 1.165) is 5.56 Å². The van der Waals surface area contributed by atoms with Crippen molar-refractivity contribution in [3.05, 3.63) is 36.1 Å². The van der Waals surface area contributed by atoms with Crippen LogP contribution in [0.3, 0.4) is 0 Å². The molecule has 2 rings (SSSR count). The average Bonchev–Trinajstić information content (AvgIpc) is 2.49. The lowest BCUT2D eigenvalue weighted by Crippen LogP contribution is -1.97. The number of anilines is 1. The van der Waals surface area contributed by atoms with E-state index in [4.69, 9.17) is 19.9 Å². The van der Waals surface area contributed by atoms with Gasteiger partial charge in [-0.1, -0.05) is 0 Å². The predicted octanol–water partition coefficient (Wildman–Crippen LogP) is 3.10. The summed E-state index contributed by atoms with van der Waals surface area (Å²) in [5.74, 6) is 1.01. The molecule has 0 bridgehead atoms. The highest BCUT2D eigenvalue weighted by Gasteiger charge is 2.11. The minimum absolute atomic E-state index is 0.00823. The van der Waals surface area contributed by atoms with Crippen LogP contribution in [0.2, 0.25) is 0 Å². The Morgan fingerprint density at radius 2 is 1.35 bits per heavy atom. The first-order chi connectivity index (χ1) is 9.58. The van der Waals surface area contributed by atoms with Crippen molar-refractivity contribution in [3.63, 3.8) is 0 Å². The largest absolute Gasteiger partial charge is 0.497 e. The molecule has 0 aliphatic rings. The molecule has 5 heteroatoms. The average molecular weight is 277 g/mol. The minimum atomic E-state index is -0.527. The van der Waals surface area contributed by atoms with Gasteiger partial charge in [0.05, 0.1) is 21.3 Å². The van der Waals surface area contributed by atoms with Gasteiger partial charge in [-0.25, -0.2) is 4.39 Å². The zero-order valence-corrected chi connectivity index (χ0v) is 11.6. The van der Waals surface area contributed by atoms with E-state index in [1.54, 1.807) is 38.5 Å². The Kier molecular flexibility index (Phi) is 3.98. The summed E-state index contributed by atoms with van der Waals surface area (Å²) < 4.78 is 29.3. The maximum atomic E-state index is 13.8. The SMILES string of the molecule is COc1cc(OC)cc(-c2cc(F)c(N)c(OC)c2)c1. The number of halogens is 1. The van der Waals surface area contributed by atoms with Gasteiger partial charge in [0.15, 0.2) is 5.82 Å². The van der Waals surface area contributed by atoms with Gasteiger partial charge < -0.3 is 19.9 Å². The van der Waals surface area contributed by atoms with Crippen LogP contribution in [0.15, 0.2) is 30.3 Å². The summed E-state index contributed by atoms with van der Waals surface area (Å²) in [6.45, 7) is 0. The van der Waals surface area contributed by atoms with Crippen molar-refractivity contribution in [2.45, 2.75) is 0 Å². The fourth-order valence-electron chi connectivity index (χ4n) is 1.90. The van der Waals surface area contributed by atoms with Gasteiger partial charge >= 0.3 is 0 Å². The number of nitrogens with two attached hydrogens (primary N) is 1. The molecule has 0 heterocycles. The summed E-state index contributed by atoms with van der Waals surface area (Å²) in [7, 11) is 4.56. The molecule has 0 spiro atoms. The molecule has 0 saturated carbocycles. The highest BCUT2D eigenvalue weighted by atomic mass is 19.1. The Hall–Kier alpha value is -2.43. The second-order valence-electron chi connectivity index (χ2n) is 4.18. The van der Waals surface area contributed by atoms with E-state index in [1.807, 2.05) is 0 Å². The molecular formula is C15H16FNO3. The van der Waals surface area contributed by atoms with Crippen LogP contribution in [0.1, 0.15) is 0 Å². The molecule has 106 valence electrons. The van der Waals surface area contributed by atoms with Crippen molar-refractivity contribution < 1.29 is 18.6 Å². The molecule has 0 unspecified atom stereocenters. The number of rotatable bonds is 4. The van der Waals surface area contributed by atoms with Crippen LogP contribution in [0.5, 0.6) is 17.2 Å². The van der Waals surface area contributed by atoms with E-state index < -0.39 is 5.82 Å². The van der Waals surface area contributed by atoms with Gasteiger partial charge in [0.25, 0.3) is 0 Å². The van der Waals surface area contributed by atoms with Crippen molar-refractivity contribution >= 4 is 5.69 Å². The van der Waals surface area contributed by atoms with Gasteiger partial charge in [0.2, 0.25) is 0 Å². The van der Waals surface area contributed by atoms with E-state index in [0.29, 0.717) is 22.8 Å². The lowest BCUT2D eigenvalue weighted by molar-refractivity contribution is 0.394. The predicted molar refractivity (Wildman–Crippen MR) is 75.9 cm³/mol. The minimum Gasteiger partial charge on any atom is -0.497 e. The summed E-state index contributed by atoms with van der Waals surface area (Å²) in [6.07, 6.45) is 0. The molecule has 2 aromatic carbocycles. The molecule has 0 saturated heterocycles. The standard InChI is InChI=1S/C15H16FNO3/c1-18-11-4-9(5-12(8-11)19-2)10-6-13(16)15(17)14(7-10)20-3/h4-8H,17H2,1-3H3. The smallest absolute Gasteiger partial charge is 0.150 e. The third kappa shape index (κ3) is 2.61. The zero-order valence-electron chi connectivity index (χ0n) is 11.6. The third-order valence-electron chi connectivity index (χ3n) is 3.00.